The lowest BCUT2D eigenvalue weighted by atomic mass is 10.2. The minimum Gasteiger partial charge on any atom is -0.465 e. The summed E-state index contributed by atoms with van der Waals surface area (Å²) in [6, 6.07) is 0.972. The van der Waals surface area contributed by atoms with Crippen molar-refractivity contribution in [2.75, 3.05) is 13.2 Å². The van der Waals surface area contributed by atoms with Crippen LogP contribution in [0.3, 0.4) is 0 Å². The predicted molar refractivity (Wildman–Crippen MR) is 95.8 cm³/mol. The molecule has 8 heteroatoms. The number of nitrogens with zero attached hydrogens (tertiary/aromatic N) is 3. The van der Waals surface area contributed by atoms with E-state index in [9.17, 15) is 9.90 Å². The predicted octanol–water partition coefficient (Wildman–Crippen LogP) is 3.61. The monoisotopic (exact) mass is 437 g/mol. The third-order valence-corrected chi connectivity index (χ3v) is 6.42. The van der Waals surface area contributed by atoms with Gasteiger partial charge in [-0.15, -0.1) is 0 Å². The second kappa shape index (κ2) is 7.31. The number of amides is 1. The number of carboxylic acid groups (broad SMARTS) is 1. The van der Waals surface area contributed by atoms with Gasteiger partial charge in [-0.2, -0.15) is 0 Å². The zero-order chi connectivity index (χ0) is 16.3. The Bertz CT molecular complexity index is 530. The molecule has 1 amide bonds. The average Bonchev–Trinajstić information content (AvgIpc) is 3.00. The Kier molecular flexibility index (Phi) is 5.89. The van der Waals surface area contributed by atoms with Gasteiger partial charge in [0.05, 0.1) is 12.2 Å². The number of carbonyl (C=O) groups is 1. The zero-order valence-electron chi connectivity index (χ0n) is 13.4. The van der Waals surface area contributed by atoms with Crippen molar-refractivity contribution < 1.29 is 14.6 Å². The van der Waals surface area contributed by atoms with Gasteiger partial charge in [0.1, 0.15) is 16.3 Å². The van der Waals surface area contributed by atoms with E-state index in [1.165, 1.54) is 4.90 Å². The van der Waals surface area contributed by atoms with Gasteiger partial charge in [0.25, 0.3) is 0 Å². The molecule has 124 valence electrons. The Balaban J connectivity index is 2.03. The number of rotatable bonds is 6. The van der Waals surface area contributed by atoms with Gasteiger partial charge in [-0.05, 0) is 41.5 Å². The highest BCUT2D eigenvalue weighted by Gasteiger charge is 2.33. The second-order valence-corrected chi connectivity index (χ2v) is 13.6. The normalized spacial score (nSPS) is 18.9. The molecule has 6 nitrogen and oxygen atoms in total. The van der Waals surface area contributed by atoms with E-state index >= 15 is 0 Å². The fourth-order valence-corrected chi connectivity index (χ4v) is 3.84. The molecule has 22 heavy (non-hydrogen) atoms. The number of halogens is 1. The van der Waals surface area contributed by atoms with Gasteiger partial charge in [-0.25, -0.2) is 9.78 Å². The second-order valence-electron chi connectivity index (χ2n) is 6.85. The molecular formula is C14H24IN3O3Si. The summed E-state index contributed by atoms with van der Waals surface area (Å²) < 4.78 is 8.80. The van der Waals surface area contributed by atoms with Crippen LogP contribution in [0.2, 0.25) is 25.7 Å². The highest BCUT2D eigenvalue weighted by molar-refractivity contribution is 14.1. The van der Waals surface area contributed by atoms with Crippen LogP contribution < -0.4 is 0 Å². The Morgan fingerprint density at radius 2 is 2.27 bits per heavy atom. The van der Waals surface area contributed by atoms with Crippen molar-refractivity contribution in [3.05, 3.63) is 15.7 Å². The molecule has 1 aliphatic rings. The SMILES string of the molecule is C[Si](C)(C)CCOCn1c(I)cnc1[C@@H]1CCCN1C(=O)O. The van der Waals surface area contributed by atoms with E-state index in [0.717, 1.165) is 35.0 Å². The van der Waals surface area contributed by atoms with Crippen molar-refractivity contribution in [1.29, 1.82) is 0 Å². The minimum absolute atomic E-state index is 0.151. The molecule has 0 radical (unpaired) electrons. The van der Waals surface area contributed by atoms with E-state index in [1.54, 1.807) is 6.20 Å². The quantitative estimate of drug-likeness (QED) is 0.420. The van der Waals surface area contributed by atoms with Crippen molar-refractivity contribution in [3.63, 3.8) is 0 Å². The lowest BCUT2D eigenvalue weighted by molar-refractivity contribution is 0.0789. The van der Waals surface area contributed by atoms with Crippen LogP contribution in [-0.2, 0) is 11.5 Å². The fraction of sp³-hybridized carbons (Fsp3) is 0.714. The lowest BCUT2D eigenvalue weighted by Gasteiger charge is -2.22. The smallest absolute Gasteiger partial charge is 0.407 e. The van der Waals surface area contributed by atoms with Crippen LogP contribution in [0.5, 0.6) is 0 Å². The Hall–Kier alpha value is -0.613. The maximum Gasteiger partial charge on any atom is 0.407 e. The highest BCUT2D eigenvalue weighted by Crippen LogP contribution is 2.32. The van der Waals surface area contributed by atoms with Crippen LogP contribution in [0.4, 0.5) is 4.79 Å². The van der Waals surface area contributed by atoms with Gasteiger partial charge >= 0.3 is 6.09 Å². The molecule has 1 aromatic heterocycles. The highest BCUT2D eigenvalue weighted by atomic mass is 127. The molecule has 0 saturated carbocycles. The molecule has 2 heterocycles. The van der Waals surface area contributed by atoms with Gasteiger partial charge in [0, 0.05) is 21.2 Å². The maximum atomic E-state index is 11.3. The van der Waals surface area contributed by atoms with Crippen molar-refractivity contribution in [2.45, 2.75) is 51.3 Å². The summed E-state index contributed by atoms with van der Waals surface area (Å²) >= 11 is 2.22. The topological polar surface area (TPSA) is 67.6 Å². The first-order valence-electron chi connectivity index (χ1n) is 7.58. The van der Waals surface area contributed by atoms with Gasteiger partial charge in [-0.1, -0.05) is 19.6 Å². The maximum absolute atomic E-state index is 11.3. The Labute approximate surface area is 146 Å². The van der Waals surface area contributed by atoms with Gasteiger partial charge in [0.15, 0.2) is 0 Å². The van der Waals surface area contributed by atoms with Crippen molar-refractivity contribution in [2.24, 2.45) is 0 Å². The van der Waals surface area contributed by atoms with E-state index < -0.39 is 14.2 Å². The molecule has 1 N–H and O–H groups in total. The summed E-state index contributed by atoms with van der Waals surface area (Å²) in [4.78, 5) is 17.3. The van der Waals surface area contributed by atoms with Crippen LogP contribution in [0, 0.1) is 3.70 Å². The van der Waals surface area contributed by atoms with Crippen molar-refractivity contribution >= 4 is 36.8 Å². The van der Waals surface area contributed by atoms with Crippen LogP contribution in [-0.4, -0.2) is 46.9 Å². The molecule has 1 saturated heterocycles. The summed E-state index contributed by atoms with van der Waals surface area (Å²) in [5.74, 6) is 0.803. The molecule has 1 aliphatic heterocycles. The van der Waals surface area contributed by atoms with E-state index in [2.05, 4.69) is 47.2 Å². The standard InChI is InChI=1S/C14H24IN3O3Si/c1-22(2,3)8-7-21-10-18-12(15)9-16-13(18)11-5-4-6-17(11)14(19)20/h9,11H,4-8,10H2,1-3H3,(H,19,20)/t11-/m0/s1. The average molecular weight is 437 g/mol. The molecular weight excluding hydrogens is 413 g/mol. The zero-order valence-corrected chi connectivity index (χ0v) is 16.5. The Morgan fingerprint density at radius 3 is 2.91 bits per heavy atom. The first-order chi connectivity index (χ1) is 10.3. The third kappa shape index (κ3) is 4.45. The van der Waals surface area contributed by atoms with Gasteiger partial charge in [0.2, 0.25) is 0 Å². The minimum atomic E-state index is -1.10. The molecule has 0 aliphatic carbocycles. The van der Waals surface area contributed by atoms with E-state index in [-0.39, 0.29) is 6.04 Å². The molecule has 2 rings (SSSR count). The lowest BCUT2D eigenvalue weighted by Crippen LogP contribution is -2.31. The Morgan fingerprint density at radius 1 is 1.55 bits per heavy atom. The third-order valence-electron chi connectivity index (χ3n) is 3.85. The van der Waals surface area contributed by atoms with Crippen LogP contribution in [0.15, 0.2) is 6.20 Å². The van der Waals surface area contributed by atoms with Crippen LogP contribution in [0.25, 0.3) is 0 Å². The summed E-state index contributed by atoms with van der Waals surface area (Å²) in [6.45, 7) is 8.75. The number of imidazole rings is 1. The van der Waals surface area contributed by atoms with Crippen LogP contribution >= 0.6 is 22.6 Å². The van der Waals surface area contributed by atoms with E-state index in [4.69, 9.17) is 4.74 Å². The van der Waals surface area contributed by atoms with Gasteiger partial charge < -0.3 is 9.84 Å². The fourth-order valence-electron chi connectivity index (χ4n) is 2.56. The van der Waals surface area contributed by atoms with Crippen molar-refractivity contribution in [1.82, 2.24) is 14.5 Å². The van der Waals surface area contributed by atoms with E-state index in [1.807, 2.05) is 4.57 Å². The van der Waals surface area contributed by atoms with Gasteiger partial charge in [-0.3, -0.25) is 9.47 Å². The summed E-state index contributed by atoms with van der Waals surface area (Å²) in [6.07, 6.45) is 2.63. The summed E-state index contributed by atoms with van der Waals surface area (Å²) in [5.41, 5.74) is 0. The first kappa shape index (κ1) is 17.7. The molecule has 0 unspecified atom stereocenters. The van der Waals surface area contributed by atoms with E-state index in [0.29, 0.717) is 13.3 Å². The largest absolute Gasteiger partial charge is 0.465 e. The van der Waals surface area contributed by atoms with Crippen LogP contribution in [0.1, 0.15) is 24.7 Å². The first-order valence-corrected chi connectivity index (χ1v) is 12.4. The number of likely N-dealkylation sites (tertiary alicyclic amines) is 1. The number of ether oxygens (including phenoxy) is 1. The number of hydrogen-bond acceptors (Lipinski definition) is 3. The molecule has 1 aromatic rings. The molecule has 0 spiro atoms. The summed E-state index contributed by atoms with van der Waals surface area (Å²) in [7, 11) is -1.10. The molecule has 0 bridgehead atoms. The molecule has 1 atom stereocenters. The molecule has 0 aromatic carbocycles. The van der Waals surface area contributed by atoms with Crippen molar-refractivity contribution in [3.8, 4) is 0 Å². The summed E-state index contributed by atoms with van der Waals surface area (Å²) in [5, 5.41) is 9.31. The number of aromatic nitrogens is 2. The molecule has 1 fully saturated rings. The number of hydrogen-bond donors (Lipinski definition) is 1.